The number of nitrogens with zero attached hydrogens (tertiary/aromatic N) is 2. The molecule has 0 fully saturated rings. The first-order valence-electron chi connectivity index (χ1n) is 6.17. The van der Waals surface area contributed by atoms with Gasteiger partial charge in [-0.1, -0.05) is 13.0 Å². The van der Waals surface area contributed by atoms with Crippen molar-refractivity contribution in [3.63, 3.8) is 0 Å². The minimum atomic E-state index is -1.07. The van der Waals surface area contributed by atoms with E-state index < -0.39 is 5.97 Å². The molecule has 0 spiro atoms. The molecule has 1 N–H and O–H groups in total. The summed E-state index contributed by atoms with van der Waals surface area (Å²) in [6, 6.07) is 7.29. The van der Waals surface area contributed by atoms with Crippen molar-refractivity contribution < 1.29 is 19.1 Å². The fraction of sp³-hybridized carbons (Fsp3) is 0.214. The Morgan fingerprint density at radius 1 is 1.45 bits per heavy atom. The molecule has 6 nitrogen and oxygen atoms in total. The number of carboxylic acid groups (broad SMARTS) is 1. The van der Waals surface area contributed by atoms with Crippen LogP contribution in [0.3, 0.4) is 0 Å². The number of rotatable bonds is 6. The predicted octanol–water partition coefficient (Wildman–Crippen LogP) is 2.62. The van der Waals surface area contributed by atoms with Crippen LogP contribution in [-0.2, 0) is 4.79 Å². The molecule has 0 aliphatic rings. The smallest absolute Gasteiger partial charge is 0.328 e. The molecule has 0 aliphatic heterocycles. The number of hydrogen-bond donors (Lipinski definition) is 1. The van der Waals surface area contributed by atoms with Crippen molar-refractivity contribution in [2.45, 2.75) is 13.3 Å². The first-order chi connectivity index (χ1) is 9.69. The molecule has 0 atom stereocenters. The van der Waals surface area contributed by atoms with Gasteiger partial charge in [-0.05, 0) is 24.6 Å². The number of hydrogen-bond acceptors (Lipinski definition) is 5. The zero-order valence-electron chi connectivity index (χ0n) is 10.9. The van der Waals surface area contributed by atoms with Gasteiger partial charge in [-0.3, -0.25) is 0 Å². The van der Waals surface area contributed by atoms with Crippen molar-refractivity contribution in [3.8, 4) is 17.2 Å². The van der Waals surface area contributed by atoms with Crippen molar-refractivity contribution in [1.82, 2.24) is 10.2 Å². The minimum Gasteiger partial charge on any atom is -0.494 e. The molecule has 6 heteroatoms. The highest BCUT2D eigenvalue weighted by molar-refractivity contribution is 5.84. The lowest BCUT2D eigenvalue weighted by molar-refractivity contribution is -0.131. The quantitative estimate of drug-likeness (QED) is 0.815. The van der Waals surface area contributed by atoms with Gasteiger partial charge < -0.3 is 14.3 Å². The van der Waals surface area contributed by atoms with Gasteiger partial charge >= 0.3 is 5.97 Å². The summed E-state index contributed by atoms with van der Waals surface area (Å²) in [6.07, 6.45) is 3.11. The topological polar surface area (TPSA) is 85.5 Å². The van der Waals surface area contributed by atoms with E-state index in [0.29, 0.717) is 12.5 Å². The lowest BCUT2D eigenvalue weighted by Gasteiger charge is -2.04. The van der Waals surface area contributed by atoms with Gasteiger partial charge in [0.2, 0.25) is 11.8 Å². The molecule has 0 aliphatic carbocycles. The van der Waals surface area contributed by atoms with E-state index in [1.54, 1.807) is 6.07 Å². The third kappa shape index (κ3) is 3.68. The third-order valence-electron chi connectivity index (χ3n) is 2.36. The van der Waals surface area contributed by atoms with Gasteiger partial charge in [0.25, 0.3) is 0 Å². The van der Waals surface area contributed by atoms with Gasteiger partial charge in [0.05, 0.1) is 6.61 Å². The standard InChI is InChI=1S/C14H14N2O4/c1-2-8-19-11-5-3-4-10(9-11)14-16-15-12(20-14)6-7-13(17)18/h3-7,9H,2,8H2,1H3,(H,17,18)/b7-6+. The van der Waals surface area contributed by atoms with Gasteiger partial charge in [-0.25, -0.2) is 4.79 Å². The lowest BCUT2D eigenvalue weighted by Crippen LogP contribution is -1.94. The SMILES string of the molecule is CCCOc1cccc(-c2nnc(/C=C/C(=O)O)o2)c1. The Bertz CT molecular complexity index is 619. The van der Waals surface area contributed by atoms with Crippen LogP contribution in [0.4, 0.5) is 0 Å². The first-order valence-corrected chi connectivity index (χ1v) is 6.17. The zero-order valence-corrected chi connectivity index (χ0v) is 10.9. The molecular weight excluding hydrogens is 260 g/mol. The summed E-state index contributed by atoms with van der Waals surface area (Å²) in [6.45, 7) is 2.67. The molecule has 0 amide bonds. The van der Waals surface area contributed by atoms with Gasteiger partial charge in [-0.15, -0.1) is 10.2 Å². The molecule has 1 aromatic carbocycles. The molecule has 1 heterocycles. The second-order valence-corrected chi connectivity index (χ2v) is 3.99. The molecule has 2 aromatic rings. The van der Waals surface area contributed by atoms with Gasteiger partial charge in [0.15, 0.2) is 0 Å². The second kappa shape index (κ2) is 6.51. The third-order valence-corrected chi connectivity index (χ3v) is 2.36. The summed E-state index contributed by atoms with van der Waals surface area (Å²) < 4.78 is 10.9. The van der Waals surface area contributed by atoms with Crippen LogP contribution < -0.4 is 4.74 Å². The summed E-state index contributed by atoms with van der Waals surface area (Å²) >= 11 is 0. The average molecular weight is 274 g/mol. The molecule has 0 saturated carbocycles. The highest BCUT2D eigenvalue weighted by Gasteiger charge is 2.08. The molecule has 0 radical (unpaired) electrons. The molecule has 0 unspecified atom stereocenters. The number of ether oxygens (including phenoxy) is 1. The Morgan fingerprint density at radius 2 is 2.30 bits per heavy atom. The maximum atomic E-state index is 10.4. The number of carboxylic acids is 1. The van der Waals surface area contributed by atoms with E-state index in [1.807, 2.05) is 25.1 Å². The normalized spacial score (nSPS) is 10.8. The summed E-state index contributed by atoms with van der Waals surface area (Å²) in [4.78, 5) is 10.4. The molecule has 104 valence electrons. The van der Waals surface area contributed by atoms with E-state index in [9.17, 15) is 4.79 Å². The lowest BCUT2D eigenvalue weighted by atomic mass is 10.2. The van der Waals surface area contributed by atoms with E-state index in [1.165, 1.54) is 6.08 Å². The van der Waals surface area contributed by atoms with Crippen LogP contribution in [0.25, 0.3) is 17.5 Å². The van der Waals surface area contributed by atoms with Crippen molar-refractivity contribution >= 4 is 12.0 Å². The Balaban J connectivity index is 2.17. The molecule has 20 heavy (non-hydrogen) atoms. The Labute approximate surface area is 115 Å². The van der Waals surface area contributed by atoms with Crippen LogP contribution in [0.1, 0.15) is 19.2 Å². The fourth-order valence-electron chi connectivity index (χ4n) is 1.50. The van der Waals surface area contributed by atoms with Crippen molar-refractivity contribution in [1.29, 1.82) is 0 Å². The molecule has 0 bridgehead atoms. The number of benzene rings is 1. The highest BCUT2D eigenvalue weighted by atomic mass is 16.5. The van der Waals surface area contributed by atoms with Crippen LogP contribution >= 0.6 is 0 Å². The molecular formula is C14H14N2O4. The van der Waals surface area contributed by atoms with Gasteiger partial charge in [-0.2, -0.15) is 0 Å². The molecule has 2 rings (SSSR count). The Morgan fingerprint density at radius 3 is 3.05 bits per heavy atom. The maximum Gasteiger partial charge on any atom is 0.328 e. The van der Waals surface area contributed by atoms with Crippen molar-refractivity contribution in [2.75, 3.05) is 6.61 Å². The van der Waals surface area contributed by atoms with Crippen LogP contribution in [0.2, 0.25) is 0 Å². The highest BCUT2D eigenvalue weighted by Crippen LogP contribution is 2.23. The summed E-state index contributed by atoms with van der Waals surface area (Å²) in [5.41, 5.74) is 0.723. The summed E-state index contributed by atoms with van der Waals surface area (Å²) in [5.74, 6) is 0.115. The van der Waals surface area contributed by atoms with Crippen LogP contribution in [0.5, 0.6) is 5.75 Å². The van der Waals surface area contributed by atoms with Crippen molar-refractivity contribution in [3.05, 3.63) is 36.2 Å². The number of aliphatic carboxylic acids is 1. The largest absolute Gasteiger partial charge is 0.494 e. The van der Waals surface area contributed by atoms with Crippen molar-refractivity contribution in [2.24, 2.45) is 0 Å². The fourth-order valence-corrected chi connectivity index (χ4v) is 1.50. The van der Waals surface area contributed by atoms with Crippen LogP contribution in [0, 0.1) is 0 Å². The Hall–Kier alpha value is -2.63. The summed E-state index contributed by atoms with van der Waals surface area (Å²) in [5, 5.41) is 16.1. The monoisotopic (exact) mass is 274 g/mol. The van der Waals surface area contributed by atoms with E-state index in [-0.39, 0.29) is 5.89 Å². The van der Waals surface area contributed by atoms with Gasteiger partial charge in [0, 0.05) is 17.7 Å². The first kappa shape index (κ1) is 13.8. The number of carbonyl (C=O) groups is 1. The van der Waals surface area contributed by atoms with E-state index in [0.717, 1.165) is 23.8 Å². The van der Waals surface area contributed by atoms with Crippen LogP contribution in [-0.4, -0.2) is 27.9 Å². The second-order valence-electron chi connectivity index (χ2n) is 3.99. The number of aromatic nitrogens is 2. The summed E-state index contributed by atoms with van der Waals surface area (Å²) in [7, 11) is 0. The minimum absolute atomic E-state index is 0.141. The predicted molar refractivity (Wildman–Crippen MR) is 72.2 cm³/mol. The van der Waals surface area contributed by atoms with Crippen LogP contribution in [0.15, 0.2) is 34.8 Å². The Kier molecular flexibility index (Phi) is 4.49. The maximum absolute atomic E-state index is 10.4. The van der Waals surface area contributed by atoms with E-state index >= 15 is 0 Å². The zero-order chi connectivity index (χ0) is 14.4. The molecule has 1 aromatic heterocycles. The van der Waals surface area contributed by atoms with Gasteiger partial charge in [0.1, 0.15) is 5.75 Å². The molecule has 0 saturated heterocycles. The van der Waals surface area contributed by atoms with E-state index in [4.69, 9.17) is 14.3 Å². The van der Waals surface area contributed by atoms with E-state index in [2.05, 4.69) is 10.2 Å². The average Bonchev–Trinajstić information content (AvgIpc) is 2.92.